The number of alkyl halides is 6. The molecule has 39 heavy (non-hydrogen) atoms. The molecule has 0 spiro atoms. The van der Waals surface area contributed by atoms with Gasteiger partial charge in [0.1, 0.15) is 32.4 Å². The molecule has 0 fully saturated rings. The second-order valence-corrected chi connectivity index (χ2v) is 10.9. The average molecular weight is 641 g/mol. The predicted octanol–water partition coefficient (Wildman–Crippen LogP) is 6.81. The molecule has 0 bridgehead atoms. The van der Waals surface area contributed by atoms with E-state index in [1.54, 1.807) is 0 Å². The van der Waals surface area contributed by atoms with E-state index in [1.165, 1.54) is 48.5 Å². The fourth-order valence-corrected chi connectivity index (χ4v) is 5.56. The second-order valence-electron chi connectivity index (χ2n) is 7.08. The molecule has 0 aliphatic carbocycles. The summed E-state index contributed by atoms with van der Waals surface area (Å²) < 4.78 is 63.7. The summed E-state index contributed by atoms with van der Waals surface area (Å²) in [4.78, 5) is 24.5. The van der Waals surface area contributed by atoms with Crippen LogP contribution in [0.4, 0.5) is 28.9 Å². The Hall–Kier alpha value is -2.90. The van der Waals surface area contributed by atoms with Gasteiger partial charge in [0, 0.05) is 34.6 Å². The molecule has 0 unspecified atom stereocenters. The van der Waals surface area contributed by atoms with E-state index in [0.717, 1.165) is 35.1 Å². The van der Waals surface area contributed by atoms with E-state index in [9.17, 15) is 32.4 Å². The fraction of sp³-hybridized carbons (Fsp3) is 0.182. The van der Waals surface area contributed by atoms with Gasteiger partial charge in [0.25, 0.3) is 0 Å². The fourth-order valence-electron chi connectivity index (χ4n) is 2.69. The van der Waals surface area contributed by atoms with Gasteiger partial charge in [-0.25, -0.2) is 0 Å². The molecule has 1 aromatic heterocycles. The number of hydrogen-bond acceptors (Lipinski definition) is 9. The van der Waals surface area contributed by atoms with E-state index < -0.39 is 22.9 Å². The molecule has 1 heterocycles. The first-order valence-corrected chi connectivity index (χ1v) is 13.8. The summed E-state index contributed by atoms with van der Waals surface area (Å²) >= 11 is 12.5. The van der Waals surface area contributed by atoms with Crippen molar-refractivity contribution in [3.63, 3.8) is 0 Å². The highest BCUT2D eigenvalue weighted by Gasteiger charge is 2.28. The lowest BCUT2D eigenvalue weighted by atomic mass is 10.3. The number of nitrogens with zero attached hydrogens (tertiary/aromatic N) is 2. The van der Waals surface area contributed by atoms with Gasteiger partial charge in [-0.15, -0.1) is 29.3 Å². The van der Waals surface area contributed by atoms with Crippen molar-refractivity contribution >= 4 is 81.4 Å². The van der Waals surface area contributed by atoms with Crippen molar-refractivity contribution in [1.29, 1.82) is 5.26 Å². The van der Waals surface area contributed by atoms with Crippen LogP contribution in [0.3, 0.4) is 0 Å². The minimum atomic E-state index is -3.86. The van der Waals surface area contributed by atoms with Gasteiger partial charge in [0.15, 0.2) is 0 Å². The van der Waals surface area contributed by atoms with Crippen molar-refractivity contribution in [3.05, 3.63) is 54.1 Å². The van der Waals surface area contributed by atoms with Crippen molar-refractivity contribution < 1.29 is 36.6 Å². The minimum absolute atomic E-state index is 0.0746. The van der Waals surface area contributed by atoms with Crippen LogP contribution in [0.1, 0.15) is 5.56 Å². The smallest absolute Gasteiger partial charge is 0.420 e. The third-order valence-corrected chi connectivity index (χ3v) is 7.50. The maximum atomic E-state index is 12.7. The quantitative estimate of drug-likeness (QED) is 0.126. The third kappa shape index (κ3) is 10.6. The number of halogens is 6. The molecule has 0 radical (unpaired) electrons. The number of carbonyl (C=O) groups excluding carboxylic acids is 2. The molecule has 0 aliphatic rings. The van der Waals surface area contributed by atoms with E-state index in [2.05, 4.69) is 24.5 Å². The molecule has 206 valence electrons. The molecular formula is C22H14Cl2F4N4O4S3. The maximum Gasteiger partial charge on any atom is 0.487 e. The van der Waals surface area contributed by atoms with Crippen LogP contribution in [0.25, 0.3) is 0 Å². The van der Waals surface area contributed by atoms with Crippen LogP contribution in [0.2, 0.25) is 0 Å². The molecule has 0 saturated heterocycles. The Balaban J connectivity index is 1.48. The zero-order valence-electron chi connectivity index (χ0n) is 19.1. The van der Waals surface area contributed by atoms with E-state index in [0.29, 0.717) is 20.6 Å². The van der Waals surface area contributed by atoms with Crippen LogP contribution < -0.4 is 20.1 Å². The second kappa shape index (κ2) is 13.4. The van der Waals surface area contributed by atoms with E-state index in [-0.39, 0.29) is 28.6 Å². The van der Waals surface area contributed by atoms with Crippen molar-refractivity contribution in [2.24, 2.45) is 0 Å². The highest BCUT2D eigenvalue weighted by Crippen LogP contribution is 2.34. The van der Waals surface area contributed by atoms with Crippen LogP contribution in [0, 0.1) is 11.3 Å². The van der Waals surface area contributed by atoms with Crippen LogP contribution in [0.15, 0.2) is 57.8 Å². The van der Waals surface area contributed by atoms with Gasteiger partial charge in [0.05, 0.1) is 11.5 Å². The summed E-state index contributed by atoms with van der Waals surface area (Å²) in [5, 5.41) is 15.0. The Morgan fingerprint density at radius 1 is 0.872 bits per heavy atom. The number of anilines is 2. The molecule has 2 N–H and O–H groups in total. The normalized spacial score (nSPS) is 11.4. The van der Waals surface area contributed by atoms with Crippen molar-refractivity contribution in [1.82, 2.24) is 4.37 Å². The SMILES string of the molecule is N#Cc1c(SCC(=O)Nc2ccc(OC(F)(F)Cl)cc2)nsc1SCC(=O)Nc1ccc(OC(F)(F)Cl)cc1. The van der Waals surface area contributed by atoms with Crippen molar-refractivity contribution in [3.8, 4) is 17.6 Å². The van der Waals surface area contributed by atoms with Gasteiger partial charge >= 0.3 is 11.1 Å². The first-order valence-electron chi connectivity index (χ1n) is 10.3. The molecule has 0 saturated carbocycles. The zero-order valence-corrected chi connectivity index (χ0v) is 23.0. The van der Waals surface area contributed by atoms with Crippen molar-refractivity contribution in [2.75, 3.05) is 22.1 Å². The number of thioether (sulfide) groups is 2. The average Bonchev–Trinajstić information content (AvgIpc) is 3.24. The zero-order chi connectivity index (χ0) is 28.6. The number of amides is 2. The van der Waals surface area contributed by atoms with Gasteiger partial charge in [-0.2, -0.15) is 9.64 Å². The number of hydrogen-bond donors (Lipinski definition) is 2. The molecule has 8 nitrogen and oxygen atoms in total. The van der Waals surface area contributed by atoms with Gasteiger partial charge < -0.3 is 20.1 Å². The highest BCUT2D eigenvalue weighted by atomic mass is 35.5. The molecule has 3 aromatic rings. The minimum Gasteiger partial charge on any atom is -0.420 e. The Kier molecular flexibility index (Phi) is 10.6. The molecular weight excluding hydrogens is 627 g/mol. The molecule has 17 heteroatoms. The standard InChI is InChI=1S/C22H14Cl2F4N4O4S3/c23-21(25,26)35-14-5-1-12(2-6-14)30-17(33)10-37-19-16(9-29)20(39-32-19)38-11-18(34)31-13-3-7-15(8-4-13)36-22(24,27)28/h1-8H,10-11H2,(H,30,33)(H,31,34). The third-order valence-electron chi connectivity index (χ3n) is 4.16. The van der Waals surface area contributed by atoms with Gasteiger partial charge in [-0.05, 0) is 60.1 Å². The highest BCUT2D eigenvalue weighted by molar-refractivity contribution is 8.02. The topological polar surface area (TPSA) is 113 Å². The Labute approximate surface area is 241 Å². The summed E-state index contributed by atoms with van der Waals surface area (Å²) in [6, 6.07) is 12.3. The lowest BCUT2D eigenvalue weighted by Crippen LogP contribution is -2.16. The molecule has 3 rings (SSSR count). The lowest BCUT2D eigenvalue weighted by Gasteiger charge is -2.11. The number of rotatable bonds is 12. The molecule has 0 atom stereocenters. The number of aromatic nitrogens is 1. The number of nitriles is 1. The Morgan fingerprint density at radius 3 is 1.72 bits per heavy atom. The number of nitrogens with one attached hydrogen (secondary N) is 2. The van der Waals surface area contributed by atoms with Gasteiger partial charge in [-0.3, -0.25) is 9.59 Å². The van der Waals surface area contributed by atoms with Crippen LogP contribution in [-0.4, -0.2) is 38.8 Å². The molecule has 2 amide bonds. The molecule has 2 aromatic carbocycles. The molecule has 0 aliphatic heterocycles. The van der Waals surface area contributed by atoms with Crippen molar-refractivity contribution in [2.45, 2.75) is 20.4 Å². The Morgan fingerprint density at radius 2 is 1.31 bits per heavy atom. The number of ether oxygens (including phenoxy) is 2. The maximum absolute atomic E-state index is 12.7. The van der Waals surface area contributed by atoms with Gasteiger partial charge in [-0.1, -0.05) is 11.8 Å². The number of carbonyl (C=O) groups is 2. The van der Waals surface area contributed by atoms with Crippen LogP contribution >= 0.6 is 58.3 Å². The van der Waals surface area contributed by atoms with E-state index in [4.69, 9.17) is 23.2 Å². The predicted molar refractivity (Wildman–Crippen MR) is 141 cm³/mol. The van der Waals surface area contributed by atoms with Crippen LogP contribution in [0.5, 0.6) is 11.5 Å². The summed E-state index contributed by atoms with van der Waals surface area (Å²) in [6.45, 7) is 0. The largest absolute Gasteiger partial charge is 0.487 e. The van der Waals surface area contributed by atoms with Gasteiger partial charge in [0.2, 0.25) is 11.8 Å². The summed E-state index contributed by atoms with van der Waals surface area (Å²) in [5.74, 6) is -1.41. The van der Waals surface area contributed by atoms with E-state index >= 15 is 0 Å². The summed E-state index contributed by atoms with van der Waals surface area (Å²) in [6.07, 6.45) is 0. The summed E-state index contributed by atoms with van der Waals surface area (Å²) in [5.41, 5.74) is -6.84. The summed E-state index contributed by atoms with van der Waals surface area (Å²) in [7, 11) is 0. The lowest BCUT2D eigenvalue weighted by molar-refractivity contribution is -0.114. The first kappa shape index (κ1) is 30.6. The number of benzene rings is 2. The Bertz CT molecular complexity index is 1250. The van der Waals surface area contributed by atoms with E-state index in [1.807, 2.05) is 6.07 Å². The van der Waals surface area contributed by atoms with Crippen LogP contribution in [-0.2, 0) is 9.59 Å². The first-order chi connectivity index (χ1) is 18.3. The monoisotopic (exact) mass is 640 g/mol.